The Balaban J connectivity index is 2.26. The summed E-state index contributed by atoms with van der Waals surface area (Å²) >= 11 is 1.58. The molecule has 0 bridgehead atoms. The molecule has 0 amide bonds. The van der Waals surface area contributed by atoms with Crippen LogP contribution in [0, 0.1) is 13.8 Å². The molecule has 1 heterocycles. The summed E-state index contributed by atoms with van der Waals surface area (Å²) in [6.07, 6.45) is 0. The molecule has 27 heavy (non-hydrogen) atoms. The third kappa shape index (κ3) is 3.56. The fourth-order valence-corrected chi connectivity index (χ4v) is 4.61. The molecule has 0 saturated carbocycles. The molecule has 0 unspecified atom stereocenters. The first kappa shape index (κ1) is 19.4. The number of nitrogens with zero attached hydrogens (tertiary/aromatic N) is 2. The highest BCUT2D eigenvalue weighted by Gasteiger charge is 2.23. The standard InChI is InChI=1S/C22H26N2O2S/c1-6-24(7-2)22-23-19-17(26-8-3)13-15(5)18(21(19)27-22)20(25)16-12-10-9-11-14(16)4/h9-13H,6-8H2,1-5H3. The predicted molar refractivity (Wildman–Crippen MR) is 114 cm³/mol. The molecule has 0 spiro atoms. The highest BCUT2D eigenvalue weighted by atomic mass is 32.1. The van der Waals surface area contributed by atoms with Crippen LogP contribution in [0.2, 0.25) is 0 Å². The highest BCUT2D eigenvalue weighted by molar-refractivity contribution is 7.22. The lowest BCUT2D eigenvalue weighted by atomic mass is 9.95. The van der Waals surface area contributed by atoms with E-state index >= 15 is 0 Å². The van der Waals surface area contributed by atoms with E-state index in [2.05, 4.69) is 18.7 Å². The monoisotopic (exact) mass is 382 g/mol. The quantitative estimate of drug-likeness (QED) is 0.514. The second-order valence-electron chi connectivity index (χ2n) is 6.49. The lowest BCUT2D eigenvalue weighted by molar-refractivity contribution is 0.103. The van der Waals surface area contributed by atoms with Gasteiger partial charge in [0.25, 0.3) is 0 Å². The first-order valence-corrected chi connectivity index (χ1v) is 10.3. The zero-order valence-corrected chi connectivity index (χ0v) is 17.4. The number of ketones is 1. The van der Waals surface area contributed by atoms with Crippen LogP contribution in [0.15, 0.2) is 30.3 Å². The molecule has 0 aliphatic heterocycles. The van der Waals surface area contributed by atoms with Crippen LogP contribution < -0.4 is 9.64 Å². The van der Waals surface area contributed by atoms with Gasteiger partial charge in [-0.15, -0.1) is 0 Å². The summed E-state index contributed by atoms with van der Waals surface area (Å²) in [5.41, 5.74) is 4.17. The molecule has 3 aromatic rings. The molecule has 0 fully saturated rings. The number of aryl methyl sites for hydroxylation is 2. The molecule has 142 valence electrons. The lowest BCUT2D eigenvalue weighted by Gasteiger charge is -2.16. The Kier molecular flexibility index (Phi) is 5.80. The molecule has 0 aliphatic carbocycles. The normalized spacial score (nSPS) is 11.0. The molecular weight excluding hydrogens is 356 g/mol. The van der Waals surface area contributed by atoms with Gasteiger partial charge in [0.2, 0.25) is 0 Å². The van der Waals surface area contributed by atoms with Crippen molar-refractivity contribution in [1.82, 2.24) is 4.98 Å². The van der Waals surface area contributed by atoms with Gasteiger partial charge >= 0.3 is 0 Å². The number of ether oxygens (including phenoxy) is 1. The average Bonchev–Trinajstić information content (AvgIpc) is 3.08. The van der Waals surface area contributed by atoms with Gasteiger partial charge in [0.1, 0.15) is 11.3 Å². The lowest BCUT2D eigenvalue weighted by Crippen LogP contribution is -2.21. The van der Waals surface area contributed by atoms with Crippen molar-refractivity contribution >= 4 is 32.5 Å². The molecule has 4 nitrogen and oxygen atoms in total. The number of fused-ring (bicyclic) bond motifs is 1. The number of benzene rings is 2. The van der Waals surface area contributed by atoms with E-state index in [0.717, 1.165) is 56.4 Å². The number of rotatable bonds is 7. The van der Waals surface area contributed by atoms with Crippen LogP contribution in [0.1, 0.15) is 47.8 Å². The van der Waals surface area contributed by atoms with Crippen molar-refractivity contribution in [3.8, 4) is 5.75 Å². The maximum Gasteiger partial charge on any atom is 0.195 e. The van der Waals surface area contributed by atoms with Crippen LogP contribution in [0.4, 0.5) is 5.13 Å². The third-order valence-corrected chi connectivity index (χ3v) is 5.90. The van der Waals surface area contributed by atoms with E-state index in [9.17, 15) is 4.79 Å². The van der Waals surface area contributed by atoms with Crippen LogP contribution >= 0.6 is 11.3 Å². The van der Waals surface area contributed by atoms with E-state index in [1.807, 2.05) is 51.1 Å². The molecule has 1 aromatic heterocycles. The third-order valence-electron chi connectivity index (χ3n) is 4.77. The molecule has 0 N–H and O–H groups in total. The minimum absolute atomic E-state index is 0.0494. The Morgan fingerprint density at radius 3 is 2.44 bits per heavy atom. The maximum absolute atomic E-state index is 13.4. The number of hydrogen-bond acceptors (Lipinski definition) is 5. The number of carbonyl (C=O) groups is 1. The van der Waals surface area contributed by atoms with Gasteiger partial charge in [-0.25, -0.2) is 4.98 Å². The second kappa shape index (κ2) is 8.09. The van der Waals surface area contributed by atoms with Crippen molar-refractivity contribution in [1.29, 1.82) is 0 Å². The molecule has 5 heteroatoms. The van der Waals surface area contributed by atoms with Crippen molar-refractivity contribution < 1.29 is 9.53 Å². The Bertz CT molecular complexity index is 974. The van der Waals surface area contributed by atoms with Gasteiger partial charge < -0.3 is 9.64 Å². The van der Waals surface area contributed by atoms with E-state index in [-0.39, 0.29) is 5.78 Å². The SMILES string of the molecule is CCOc1cc(C)c(C(=O)c2ccccc2C)c2sc(N(CC)CC)nc12. The Morgan fingerprint density at radius 2 is 1.81 bits per heavy atom. The van der Waals surface area contributed by atoms with Gasteiger partial charge in [0.15, 0.2) is 10.9 Å². The molecule has 0 atom stereocenters. The summed E-state index contributed by atoms with van der Waals surface area (Å²) in [5, 5.41) is 0.931. The van der Waals surface area contributed by atoms with Crippen molar-refractivity contribution in [2.45, 2.75) is 34.6 Å². The Labute approximate surface area is 164 Å². The minimum atomic E-state index is 0.0494. The van der Waals surface area contributed by atoms with Crippen LogP contribution in [-0.4, -0.2) is 30.5 Å². The highest BCUT2D eigenvalue weighted by Crippen LogP contribution is 2.39. The molecule has 0 saturated heterocycles. The molecule has 0 radical (unpaired) electrons. The zero-order valence-electron chi connectivity index (χ0n) is 16.6. The van der Waals surface area contributed by atoms with E-state index in [1.165, 1.54) is 0 Å². The predicted octanol–water partition coefficient (Wildman–Crippen LogP) is 5.39. The van der Waals surface area contributed by atoms with E-state index < -0.39 is 0 Å². The van der Waals surface area contributed by atoms with Crippen LogP contribution in [-0.2, 0) is 0 Å². The number of carbonyl (C=O) groups excluding carboxylic acids is 1. The van der Waals surface area contributed by atoms with Crippen LogP contribution in [0.25, 0.3) is 10.2 Å². The topological polar surface area (TPSA) is 42.4 Å². The Hall–Kier alpha value is -2.40. The first-order valence-electron chi connectivity index (χ1n) is 9.43. The second-order valence-corrected chi connectivity index (χ2v) is 7.47. The number of aromatic nitrogens is 1. The fourth-order valence-electron chi connectivity index (χ4n) is 3.30. The largest absolute Gasteiger partial charge is 0.492 e. The van der Waals surface area contributed by atoms with Gasteiger partial charge in [-0.3, -0.25) is 4.79 Å². The van der Waals surface area contributed by atoms with Gasteiger partial charge in [-0.1, -0.05) is 35.6 Å². The summed E-state index contributed by atoms with van der Waals surface area (Å²) in [7, 11) is 0. The Morgan fingerprint density at radius 1 is 1.11 bits per heavy atom. The summed E-state index contributed by atoms with van der Waals surface area (Å²) in [5.74, 6) is 0.800. The van der Waals surface area contributed by atoms with Crippen molar-refractivity contribution in [3.05, 3.63) is 52.6 Å². The van der Waals surface area contributed by atoms with Crippen LogP contribution in [0.3, 0.4) is 0 Å². The van der Waals surface area contributed by atoms with E-state index in [1.54, 1.807) is 11.3 Å². The van der Waals surface area contributed by atoms with Crippen molar-refractivity contribution in [2.75, 3.05) is 24.6 Å². The molecule has 3 rings (SSSR count). The van der Waals surface area contributed by atoms with Crippen molar-refractivity contribution in [2.24, 2.45) is 0 Å². The zero-order chi connectivity index (χ0) is 19.6. The average molecular weight is 383 g/mol. The van der Waals surface area contributed by atoms with Crippen molar-refractivity contribution in [3.63, 3.8) is 0 Å². The molecular formula is C22H26N2O2S. The van der Waals surface area contributed by atoms with Gasteiger partial charge in [0, 0.05) is 24.2 Å². The van der Waals surface area contributed by atoms with E-state index in [0.29, 0.717) is 6.61 Å². The number of hydrogen-bond donors (Lipinski definition) is 0. The summed E-state index contributed by atoms with van der Waals surface area (Å²) in [4.78, 5) is 20.5. The summed E-state index contributed by atoms with van der Waals surface area (Å²) in [6, 6.07) is 9.68. The molecule has 0 aliphatic rings. The first-order chi connectivity index (χ1) is 13.0. The number of thiazole rings is 1. The summed E-state index contributed by atoms with van der Waals surface area (Å²) < 4.78 is 6.75. The summed E-state index contributed by atoms with van der Waals surface area (Å²) in [6.45, 7) is 12.5. The molecule has 2 aromatic carbocycles. The fraction of sp³-hybridized carbons (Fsp3) is 0.364. The van der Waals surface area contributed by atoms with Gasteiger partial charge in [-0.05, 0) is 51.8 Å². The maximum atomic E-state index is 13.4. The number of anilines is 1. The van der Waals surface area contributed by atoms with Crippen LogP contribution in [0.5, 0.6) is 5.75 Å². The van der Waals surface area contributed by atoms with E-state index in [4.69, 9.17) is 9.72 Å². The van der Waals surface area contributed by atoms with Gasteiger partial charge in [-0.2, -0.15) is 0 Å². The van der Waals surface area contributed by atoms with Gasteiger partial charge in [0.05, 0.1) is 11.3 Å². The minimum Gasteiger partial charge on any atom is -0.492 e. The smallest absolute Gasteiger partial charge is 0.195 e.